The molecule has 4 rings (SSSR count). The Morgan fingerprint density at radius 1 is 1.07 bits per heavy atom. The predicted molar refractivity (Wildman–Crippen MR) is 106 cm³/mol. The molecule has 1 amide bonds. The number of likely N-dealkylation sites (N-methyl/N-ethyl adjacent to an activating group) is 1. The van der Waals surface area contributed by atoms with Gasteiger partial charge in [0.15, 0.2) is 0 Å². The second-order valence-electron chi connectivity index (χ2n) is 7.16. The Morgan fingerprint density at radius 3 is 2.56 bits per heavy atom. The number of rotatable bonds is 4. The standard InChI is InChI=1S/C20H23N5O2/c1-24-6-8-25(9-7-24)12-13-2-4-16-14(10-13)11-18(22-16)15-3-5-17(19(21)26)23-20(15)27/h2-5,10-11,22H,6-9,12H2,1H3,(H2,21,26)(H,23,27). The summed E-state index contributed by atoms with van der Waals surface area (Å²) in [5.41, 5.74) is 8.42. The van der Waals surface area contributed by atoms with E-state index in [0.717, 1.165) is 49.3 Å². The van der Waals surface area contributed by atoms with E-state index in [1.807, 2.05) is 6.07 Å². The van der Waals surface area contributed by atoms with Crippen LogP contribution in [0.25, 0.3) is 22.2 Å². The van der Waals surface area contributed by atoms with Crippen LogP contribution in [0.4, 0.5) is 0 Å². The van der Waals surface area contributed by atoms with Crippen molar-refractivity contribution in [3.63, 3.8) is 0 Å². The maximum atomic E-state index is 12.3. The van der Waals surface area contributed by atoms with Crippen molar-refractivity contribution in [3.8, 4) is 11.3 Å². The molecule has 1 saturated heterocycles. The average molecular weight is 365 g/mol. The van der Waals surface area contributed by atoms with Crippen LogP contribution in [0.5, 0.6) is 0 Å². The van der Waals surface area contributed by atoms with Gasteiger partial charge in [0, 0.05) is 43.6 Å². The molecule has 3 heterocycles. The van der Waals surface area contributed by atoms with Gasteiger partial charge in [0.05, 0.1) is 11.3 Å². The first-order chi connectivity index (χ1) is 13.0. The highest BCUT2D eigenvalue weighted by Crippen LogP contribution is 2.23. The summed E-state index contributed by atoms with van der Waals surface area (Å²) in [7, 11) is 2.16. The Bertz CT molecular complexity index is 1040. The van der Waals surface area contributed by atoms with Crippen LogP contribution in [-0.2, 0) is 6.54 Å². The Kier molecular flexibility index (Phi) is 4.55. The zero-order valence-corrected chi connectivity index (χ0v) is 15.3. The molecule has 7 nitrogen and oxygen atoms in total. The minimum absolute atomic E-state index is 0.106. The van der Waals surface area contributed by atoms with Gasteiger partial charge in [-0.15, -0.1) is 0 Å². The number of carbonyl (C=O) groups excluding carboxylic acids is 1. The van der Waals surface area contributed by atoms with Crippen molar-refractivity contribution >= 4 is 16.8 Å². The molecule has 0 saturated carbocycles. The van der Waals surface area contributed by atoms with E-state index in [2.05, 4.69) is 45.0 Å². The van der Waals surface area contributed by atoms with Gasteiger partial charge in [-0.3, -0.25) is 14.5 Å². The molecule has 4 N–H and O–H groups in total. The number of benzene rings is 1. The minimum Gasteiger partial charge on any atom is -0.364 e. The summed E-state index contributed by atoms with van der Waals surface area (Å²) in [6.45, 7) is 5.28. The number of piperazine rings is 1. The Hall–Kier alpha value is -2.90. The highest BCUT2D eigenvalue weighted by atomic mass is 16.1. The number of nitrogens with one attached hydrogen (secondary N) is 2. The Balaban J connectivity index is 1.59. The van der Waals surface area contributed by atoms with E-state index < -0.39 is 5.91 Å². The lowest BCUT2D eigenvalue weighted by Crippen LogP contribution is -2.43. The molecular formula is C20H23N5O2. The van der Waals surface area contributed by atoms with E-state index in [1.165, 1.54) is 11.6 Å². The van der Waals surface area contributed by atoms with Gasteiger partial charge in [-0.05, 0) is 42.9 Å². The van der Waals surface area contributed by atoms with Crippen molar-refractivity contribution in [1.82, 2.24) is 19.8 Å². The number of primary amides is 1. The van der Waals surface area contributed by atoms with E-state index in [1.54, 1.807) is 6.07 Å². The van der Waals surface area contributed by atoms with Gasteiger partial charge in [-0.2, -0.15) is 0 Å². The molecule has 0 aliphatic carbocycles. The molecule has 140 valence electrons. The first-order valence-corrected chi connectivity index (χ1v) is 9.05. The van der Waals surface area contributed by atoms with Crippen LogP contribution < -0.4 is 11.3 Å². The number of fused-ring (bicyclic) bond motifs is 1. The number of H-pyrrole nitrogens is 2. The zero-order chi connectivity index (χ0) is 19.0. The van der Waals surface area contributed by atoms with Crippen LogP contribution in [0.15, 0.2) is 41.2 Å². The fraction of sp³-hybridized carbons (Fsp3) is 0.300. The number of hydrogen-bond donors (Lipinski definition) is 3. The normalized spacial score (nSPS) is 16.0. The molecule has 2 aromatic heterocycles. The van der Waals surface area contributed by atoms with Gasteiger partial charge in [-0.25, -0.2) is 0 Å². The molecule has 0 atom stereocenters. The van der Waals surface area contributed by atoms with Crippen LogP contribution in [0, 0.1) is 0 Å². The van der Waals surface area contributed by atoms with E-state index in [0.29, 0.717) is 5.56 Å². The second-order valence-corrected chi connectivity index (χ2v) is 7.16. The molecule has 0 bridgehead atoms. The lowest BCUT2D eigenvalue weighted by Gasteiger charge is -2.32. The number of nitrogens with zero attached hydrogens (tertiary/aromatic N) is 2. The highest BCUT2D eigenvalue weighted by molar-refractivity contribution is 5.91. The quantitative estimate of drug-likeness (QED) is 0.650. The lowest BCUT2D eigenvalue weighted by molar-refractivity contribution is 0.0995. The Labute approximate surface area is 156 Å². The van der Waals surface area contributed by atoms with Gasteiger partial charge >= 0.3 is 0 Å². The van der Waals surface area contributed by atoms with Crippen LogP contribution >= 0.6 is 0 Å². The summed E-state index contributed by atoms with van der Waals surface area (Å²) in [4.78, 5) is 34.1. The first-order valence-electron chi connectivity index (χ1n) is 9.05. The monoisotopic (exact) mass is 365 g/mol. The smallest absolute Gasteiger partial charge is 0.265 e. The van der Waals surface area contributed by atoms with E-state index in [-0.39, 0.29) is 11.3 Å². The topological polar surface area (TPSA) is 98.2 Å². The fourth-order valence-electron chi connectivity index (χ4n) is 3.52. The van der Waals surface area contributed by atoms with Crippen molar-refractivity contribution in [2.24, 2.45) is 5.73 Å². The summed E-state index contributed by atoms with van der Waals surface area (Å²) in [6.07, 6.45) is 0. The maximum absolute atomic E-state index is 12.3. The lowest BCUT2D eigenvalue weighted by atomic mass is 10.1. The molecule has 1 aliphatic rings. The molecule has 0 radical (unpaired) electrons. The highest BCUT2D eigenvalue weighted by Gasteiger charge is 2.15. The summed E-state index contributed by atoms with van der Waals surface area (Å²) in [5.74, 6) is -0.649. The summed E-state index contributed by atoms with van der Waals surface area (Å²) in [5, 5.41) is 1.06. The molecule has 1 aromatic carbocycles. The summed E-state index contributed by atoms with van der Waals surface area (Å²) < 4.78 is 0. The number of carbonyl (C=O) groups is 1. The summed E-state index contributed by atoms with van der Waals surface area (Å²) in [6, 6.07) is 11.5. The van der Waals surface area contributed by atoms with Gasteiger partial charge < -0.3 is 20.6 Å². The molecule has 1 fully saturated rings. The number of amides is 1. The maximum Gasteiger partial charge on any atom is 0.265 e. The van der Waals surface area contributed by atoms with E-state index >= 15 is 0 Å². The van der Waals surface area contributed by atoms with Crippen LogP contribution in [0.2, 0.25) is 0 Å². The van der Waals surface area contributed by atoms with Crippen molar-refractivity contribution in [3.05, 3.63) is 58.0 Å². The Morgan fingerprint density at radius 2 is 1.85 bits per heavy atom. The number of aromatic nitrogens is 2. The second kappa shape index (κ2) is 7.02. The van der Waals surface area contributed by atoms with E-state index in [4.69, 9.17) is 5.73 Å². The number of pyridine rings is 1. The summed E-state index contributed by atoms with van der Waals surface area (Å²) >= 11 is 0. The van der Waals surface area contributed by atoms with E-state index in [9.17, 15) is 9.59 Å². The van der Waals surface area contributed by atoms with Gasteiger partial charge in [-0.1, -0.05) is 6.07 Å². The molecule has 1 aliphatic heterocycles. The van der Waals surface area contributed by atoms with Crippen molar-refractivity contribution in [1.29, 1.82) is 0 Å². The molecule has 3 aromatic rings. The van der Waals surface area contributed by atoms with Crippen LogP contribution in [0.1, 0.15) is 16.1 Å². The van der Waals surface area contributed by atoms with Crippen molar-refractivity contribution < 1.29 is 4.79 Å². The largest absolute Gasteiger partial charge is 0.364 e. The third kappa shape index (κ3) is 3.65. The van der Waals surface area contributed by atoms with Gasteiger partial charge in [0.25, 0.3) is 11.5 Å². The minimum atomic E-state index is -0.649. The number of aromatic amines is 2. The van der Waals surface area contributed by atoms with Crippen molar-refractivity contribution in [2.75, 3.05) is 33.2 Å². The number of nitrogens with two attached hydrogens (primary N) is 1. The van der Waals surface area contributed by atoms with Gasteiger partial charge in [0.1, 0.15) is 5.69 Å². The molecule has 27 heavy (non-hydrogen) atoms. The number of hydrogen-bond acceptors (Lipinski definition) is 4. The average Bonchev–Trinajstić information content (AvgIpc) is 3.06. The SMILES string of the molecule is CN1CCN(Cc2ccc3[nH]c(-c4ccc(C(N)=O)[nH]c4=O)cc3c2)CC1. The third-order valence-electron chi connectivity index (χ3n) is 5.15. The fourth-order valence-corrected chi connectivity index (χ4v) is 3.52. The molecule has 0 unspecified atom stereocenters. The predicted octanol–water partition coefficient (Wildman–Crippen LogP) is 1.37. The molecular weight excluding hydrogens is 342 g/mol. The molecule has 7 heteroatoms. The molecule has 0 spiro atoms. The third-order valence-corrected chi connectivity index (χ3v) is 5.15. The van der Waals surface area contributed by atoms with Crippen LogP contribution in [-0.4, -0.2) is 58.9 Å². The first kappa shape index (κ1) is 17.5. The van der Waals surface area contributed by atoms with Crippen LogP contribution in [0.3, 0.4) is 0 Å². The zero-order valence-electron chi connectivity index (χ0n) is 15.3. The van der Waals surface area contributed by atoms with Gasteiger partial charge in [0.2, 0.25) is 0 Å². The van der Waals surface area contributed by atoms with Crippen molar-refractivity contribution in [2.45, 2.75) is 6.54 Å².